The summed E-state index contributed by atoms with van der Waals surface area (Å²) in [5.41, 5.74) is 2.29. The molecule has 2 rings (SSSR count). The molecule has 1 N–H and O–H groups in total. The molecular formula is C15H15BrN2O2. The molecule has 20 heavy (non-hydrogen) atoms. The number of aromatic nitrogens is 1. The summed E-state index contributed by atoms with van der Waals surface area (Å²) in [5.74, 6) is 0.250. The molecule has 1 aromatic heterocycles. The van der Waals surface area contributed by atoms with Crippen LogP contribution in [0.3, 0.4) is 0 Å². The lowest BCUT2D eigenvalue weighted by molar-refractivity contribution is 0.102. The van der Waals surface area contributed by atoms with Crippen LogP contribution in [0.5, 0.6) is 5.88 Å². The van der Waals surface area contributed by atoms with Crippen LogP contribution in [0.25, 0.3) is 0 Å². The van der Waals surface area contributed by atoms with Crippen LogP contribution in [0.2, 0.25) is 0 Å². The van der Waals surface area contributed by atoms with Gasteiger partial charge in [0.15, 0.2) is 0 Å². The maximum absolute atomic E-state index is 12.2. The van der Waals surface area contributed by atoms with E-state index < -0.39 is 0 Å². The normalized spacial score (nSPS) is 10.1. The molecule has 2 aromatic rings. The van der Waals surface area contributed by atoms with Crippen molar-refractivity contribution in [2.24, 2.45) is 0 Å². The molecule has 0 atom stereocenters. The van der Waals surface area contributed by atoms with Crippen LogP contribution in [0.1, 0.15) is 22.8 Å². The molecule has 0 aliphatic rings. The van der Waals surface area contributed by atoms with Gasteiger partial charge in [-0.25, -0.2) is 4.98 Å². The lowest BCUT2D eigenvalue weighted by Crippen LogP contribution is -2.13. The Balaban J connectivity index is 2.14. The average molecular weight is 335 g/mol. The number of carbonyl (C=O) groups is 1. The van der Waals surface area contributed by atoms with Crippen LogP contribution in [0.4, 0.5) is 5.69 Å². The van der Waals surface area contributed by atoms with Gasteiger partial charge in [0.1, 0.15) is 5.69 Å². The number of hydrogen-bond donors (Lipinski definition) is 1. The molecule has 4 nitrogen and oxygen atoms in total. The van der Waals surface area contributed by atoms with E-state index in [9.17, 15) is 4.79 Å². The highest BCUT2D eigenvalue weighted by Gasteiger charge is 2.10. The average Bonchev–Trinajstić information content (AvgIpc) is 2.49. The minimum atomic E-state index is -0.180. The van der Waals surface area contributed by atoms with Crippen molar-refractivity contribution in [1.82, 2.24) is 4.98 Å². The van der Waals surface area contributed by atoms with E-state index in [-0.39, 0.29) is 5.91 Å². The first-order valence-corrected chi connectivity index (χ1v) is 7.40. The van der Waals surface area contributed by atoms with Crippen LogP contribution in [0.15, 0.2) is 42.6 Å². The largest absolute Gasteiger partial charge is 0.476 e. The van der Waals surface area contributed by atoms with Crippen LogP contribution in [-0.2, 0) is 5.33 Å². The Morgan fingerprint density at radius 3 is 2.70 bits per heavy atom. The quantitative estimate of drug-likeness (QED) is 0.849. The summed E-state index contributed by atoms with van der Waals surface area (Å²) in [5, 5.41) is 3.58. The van der Waals surface area contributed by atoms with E-state index in [1.54, 1.807) is 30.5 Å². The fourth-order valence-electron chi connectivity index (χ4n) is 1.68. The number of hydrogen-bond acceptors (Lipinski definition) is 3. The Morgan fingerprint density at radius 1 is 1.30 bits per heavy atom. The molecule has 5 heteroatoms. The van der Waals surface area contributed by atoms with Gasteiger partial charge < -0.3 is 10.1 Å². The van der Waals surface area contributed by atoms with Gasteiger partial charge in [-0.2, -0.15) is 0 Å². The summed E-state index contributed by atoms with van der Waals surface area (Å²) in [7, 11) is 0. The standard InChI is InChI=1S/C15H15BrN2O2/c1-2-20-15-13(4-3-9-17-15)18-14(19)12-7-5-11(10-16)6-8-12/h3-9H,2,10H2,1H3,(H,18,19). The molecule has 1 aromatic carbocycles. The fraction of sp³-hybridized carbons (Fsp3) is 0.200. The highest BCUT2D eigenvalue weighted by atomic mass is 79.9. The summed E-state index contributed by atoms with van der Waals surface area (Å²) < 4.78 is 5.38. The second kappa shape index (κ2) is 7.05. The molecule has 0 aliphatic carbocycles. The molecule has 1 heterocycles. The molecule has 0 saturated carbocycles. The van der Waals surface area contributed by atoms with Crippen LogP contribution in [-0.4, -0.2) is 17.5 Å². The number of anilines is 1. The minimum Gasteiger partial charge on any atom is -0.476 e. The number of alkyl halides is 1. The first-order chi connectivity index (χ1) is 9.74. The maximum atomic E-state index is 12.2. The zero-order valence-corrected chi connectivity index (χ0v) is 12.7. The summed E-state index contributed by atoms with van der Waals surface area (Å²) in [6, 6.07) is 10.9. The molecule has 1 amide bonds. The van der Waals surface area contributed by atoms with Crippen molar-refractivity contribution in [3.05, 3.63) is 53.7 Å². The number of carbonyl (C=O) groups excluding carboxylic acids is 1. The van der Waals surface area contributed by atoms with E-state index in [1.165, 1.54) is 0 Å². The number of ether oxygens (including phenoxy) is 1. The van der Waals surface area contributed by atoms with Crippen molar-refractivity contribution < 1.29 is 9.53 Å². The second-order valence-corrected chi connectivity index (χ2v) is 4.63. The smallest absolute Gasteiger partial charge is 0.255 e. The number of benzene rings is 1. The van der Waals surface area contributed by atoms with Gasteiger partial charge >= 0.3 is 0 Å². The number of halogens is 1. The molecular weight excluding hydrogens is 320 g/mol. The molecule has 104 valence electrons. The van der Waals surface area contributed by atoms with Crippen molar-refractivity contribution in [1.29, 1.82) is 0 Å². The first kappa shape index (κ1) is 14.5. The molecule has 0 bridgehead atoms. The number of nitrogens with zero attached hydrogens (tertiary/aromatic N) is 1. The van der Waals surface area contributed by atoms with Crippen LogP contribution < -0.4 is 10.1 Å². The van der Waals surface area contributed by atoms with Crippen molar-refractivity contribution in [3.8, 4) is 5.88 Å². The summed E-state index contributed by atoms with van der Waals surface area (Å²) in [6.45, 7) is 2.37. The van der Waals surface area contributed by atoms with E-state index in [1.807, 2.05) is 19.1 Å². The van der Waals surface area contributed by atoms with Crippen LogP contribution in [0, 0.1) is 0 Å². The number of rotatable bonds is 5. The van der Waals surface area contributed by atoms with Crippen molar-refractivity contribution >= 4 is 27.5 Å². The summed E-state index contributed by atoms with van der Waals surface area (Å²) >= 11 is 3.37. The maximum Gasteiger partial charge on any atom is 0.255 e. The third kappa shape index (κ3) is 3.57. The zero-order chi connectivity index (χ0) is 14.4. The van der Waals surface area contributed by atoms with E-state index in [2.05, 4.69) is 26.2 Å². The summed E-state index contributed by atoms with van der Waals surface area (Å²) in [6.07, 6.45) is 1.63. The predicted octanol–water partition coefficient (Wildman–Crippen LogP) is 3.63. The third-order valence-corrected chi connectivity index (χ3v) is 3.32. The Morgan fingerprint density at radius 2 is 2.05 bits per heavy atom. The number of pyridine rings is 1. The van der Waals surface area contributed by atoms with Gasteiger partial charge in [0.25, 0.3) is 5.91 Å². The topological polar surface area (TPSA) is 51.2 Å². The van der Waals surface area contributed by atoms with Gasteiger partial charge in [-0.15, -0.1) is 0 Å². The predicted molar refractivity (Wildman–Crippen MR) is 82.4 cm³/mol. The van der Waals surface area contributed by atoms with Gasteiger partial charge in [0.2, 0.25) is 5.88 Å². The van der Waals surface area contributed by atoms with E-state index in [0.29, 0.717) is 23.7 Å². The molecule has 0 saturated heterocycles. The van der Waals surface area contributed by atoms with Gasteiger partial charge in [0.05, 0.1) is 6.61 Å². The summed E-state index contributed by atoms with van der Waals surface area (Å²) in [4.78, 5) is 16.3. The lowest BCUT2D eigenvalue weighted by Gasteiger charge is -2.10. The van der Waals surface area contributed by atoms with Gasteiger partial charge in [-0.1, -0.05) is 28.1 Å². The van der Waals surface area contributed by atoms with Gasteiger partial charge in [-0.05, 0) is 36.8 Å². The Hall–Kier alpha value is -1.88. The highest BCUT2D eigenvalue weighted by molar-refractivity contribution is 9.08. The SMILES string of the molecule is CCOc1ncccc1NC(=O)c1ccc(CBr)cc1. The minimum absolute atomic E-state index is 0.180. The number of nitrogens with one attached hydrogen (secondary N) is 1. The number of amides is 1. The Kier molecular flexibility index (Phi) is 5.12. The lowest BCUT2D eigenvalue weighted by atomic mass is 10.1. The highest BCUT2D eigenvalue weighted by Crippen LogP contribution is 2.21. The Labute approximate surface area is 126 Å². The monoisotopic (exact) mass is 334 g/mol. The second-order valence-electron chi connectivity index (χ2n) is 4.07. The zero-order valence-electron chi connectivity index (χ0n) is 11.1. The Bertz CT molecular complexity index is 585. The van der Waals surface area contributed by atoms with Crippen molar-refractivity contribution in [3.63, 3.8) is 0 Å². The van der Waals surface area contributed by atoms with E-state index >= 15 is 0 Å². The van der Waals surface area contributed by atoms with E-state index in [4.69, 9.17) is 4.74 Å². The third-order valence-electron chi connectivity index (χ3n) is 2.67. The molecule has 0 aliphatic heterocycles. The molecule has 0 unspecified atom stereocenters. The van der Waals surface area contributed by atoms with E-state index in [0.717, 1.165) is 10.9 Å². The molecule has 0 fully saturated rings. The molecule has 0 radical (unpaired) electrons. The van der Waals surface area contributed by atoms with Gasteiger partial charge in [0, 0.05) is 17.1 Å². The van der Waals surface area contributed by atoms with Crippen LogP contribution >= 0.6 is 15.9 Å². The fourth-order valence-corrected chi connectivity index (χ4v) is 2.05. The molecule has 0 spiro atoms. The van der Waals surface area contributed by atoms with Crippen molar-refractivity contribution in [2.45, 2.75) is 12.3 Å². The van der Waals surface area contributed by atoms with Crippen molar-refractivity contribution in [2.75, 3.05) is 11.9 Å². The first-order valence-electron chi connectivity index (χ1n) is 6.28. The van der Waals surface area contributed by atoms with Gasteiger partial charge in [-0.3, -0.25) is 4.79 Å².